The normalized spacial score (nSPS) is 45.9. The predicted molar refractivity (Wildman–Crippen MR) is 47.7 cm³/mol. The molecule has 0 bridgehead atoms. The third kappa shape index (κ3) is 2.01. The first-order valence-corrected chi connectivity index (χ1v) is 4.41. The number of azide groups is 1. The van der Waals surface area contributed by atoms with Crippen LogP contribution in [0.4, 0.5) is 0 Å². The molecule has 0 aliphatic carbocycles. The number of alkyl halides is 1. The molecule has 1 fully saturated rings. The highest BCUT2D eigenvalue weighted by Crippen LogP contribution is 2.36. The SMILES string of the molecule is [N-]=[N+]=NC1(Cl)[C@@H](O)C(O)O[C@H](CO)[C@@H]1O. The van der Waals surface area contributed by atoms with Gasteiger partial charge in [-0.2, -0.15) is 0 Å². The number of aliphatic hydroxyl groups excluding tert-OH is 4. The molecule has 15 heavy (non-hydrogen) atoms. The smallest absolute Gasteiger partial charge is 0.183 e. The minimum Gasteiger partial charge on any atom is -0.394 e. The van der Waals surface area contributed by atoms with Crippen LogP contribution < -0.4 is 0 Å². The number of rotatable bonds is 2. The molecular formula is C6H10ClN3O5. The van der Waals surface area contributed by atoms with Crippen molar-refractivity contribution in [2.45, 2.75) is 29.6 Å². The molecule has 1 aliphatic rings. The van der Waals surface area contributed by atoms with Gasteiger partial charge >= 0.3 is 0 Å². The van der Waals surface area contributed by atoms with Crippen LogP contribution in [0.15, 0.2) is 5.11 Å². The van der Waals surface area contributed by atoms with Gasteiger partial charge in [0.05, 0.1) is 6.61 Å². The van der Waals surface area contributed by atoms with E-state index >= 15 is 0 Å². The van der Waals surface area contributed by atoms with E-state index in [0.717, 1.165) is 0 Å². The summed E-state index contributed by atoms with van der Waals surface area (Å²) in [6.45, 7) is -0.639. The van der Waals surface area contributed by atoms with Crippen molar-refractivity contribution in [2.24, 2.45) is 5.11 Å². The Morgan fingerprint density at radius 2 is 2.00 bits per heavy atom. The fraction of sp³-hybridized carbons (Fsp3) is 1.00. The van der Waals surface area contributed by atoms with Crippen LogP contribution in [0.1, 0.15) is 0 Å². The van der Waals surface area contributed by atoms with Crippen molar-refractivity contribution in [3.05, 3.63) is 10.4 Å². The van der Waals surface area contributed by atoms with E-state index in [1.54, 1.807) is 0 Å². The average Bonchev–Trinajstić information content (AvgIpc) is 2.21. The number of aliphatic hydroxyl groups is 4. The first-order chi connectivity index (χ1) is 6.97. The maximum Gasteiger partial charge on any atom is 0.183 e. The number of hydrogen-bond acceptors (Lipinski definition) is 6. The Morgan fingerprint density at radius 1 is 1.40 bits per heavy atom. The van der Waals surface area contributed by atoms with Crippen LogP contribution in [0.5, 0.6) is 0 Å². The Hall–Kier alpha value is -0.600. The summed E-state index contributed by atoms with van der Waals surface area (Å²) < 4.78 is 4.64. The lowest BCUT2D eigenvalue weighted by molar-refractivity contribution is -0.265. The van der Waals surface area contributed by atoms with Crippen molar-refractivity contribution in [2.75, 3.05) is 6.61 Å². The number of nitrogens with zero attached hydrogens (tertiary/aromatic N) is 3. The molecule has 1 rings (SSSR count). The predicted octanol–water partition coefficient (Wildman–Crippen LogP) is -1.34. The molecule has 8 nitrogen and oxygen atoms in total. The molecule has 1 saturated heterocycles. The molecule has 0 amide bonds. The summed E-state index contributed by atoms with van der Waals surface area (Å²) in [5.74, 6) is 0. The van der Waals surface area contributed by atoms with E-state index in [1.165, 1.54) is 0 Å². The summed E-state index contributed by atoms with van der Waals surface area (Å²) in [6.07, 6.45) is -6.38. The second-order valence-electron chi connectivity index (χ2n) is 3.05. The summed E-state index contributed by atoms with van der Waals surface area (Å²) in [5.41, 5.74) is 8.23. The van der Waals surface area contributed by atoms with Crippen molar-refractivity contribution < 1.29 is 25.2 Å². The summed E-state index contributed by atoms with van der Waals surface area (Å²) in [4.78, 5) is 0.207. The zero-order valence-corrected chi connectivity index (χ0v) is 8.19. The fourth-order valence-corrected chi connectivity index (χ4v) is 1.58. The molecule has 1 aliphatic heterocycles. The zero-order chi connectivity index (χ0) is 11.6. The molecule has 0 spiro atoms. The van der Waals surface area contributed by atoms with Crippen molar-refractivity contribution >= 4 is 11.6 Å². The quantitative estimate of drug-likeness (QED) is 0.155. The van der Waals surface area contributed by atoms with Crippen LogP contribution in [0.2, 0.25) is 0 Å². The molecule has 0 radical (unpaired) electrons. The summed E-state index contributed by atoms with van der Waals surface area (Å²) >= 11 is 5.67. The van der Waals surface area contributed by atoms with Gasteiger partial charge in [0.25, 0.3) is 0 Å². The van der Waals surface area contributed by atoms with Crippen molar-refractivity contribution in [3.63, 3.8) is 0 Å². The number of ether oxygens (including phenoxy) is 1. The zero-order valence-electron chi connectivity index (χ0n) is 7.43. The lowest BCUT2D eigenvalue weighted by Crippen LogP contribution is -2.63. The van der Waals surface area contributed by atoms with E-state index in [4.69, 9.17) is 22.2 Å². The summed E-state index contributed by atoms with van der Waals surface area (Å²) in [7, 11) is 0. The van der Waals surface area contributed by atoms with Gasteiger partial charge in [-0.3, -0.25) is 0 Å². The topological polar surface area (TPSA) is 139 Å². The molecule has 0 aromatic carbocycles. The van der Waals surface area contributed by atoms with Gasteiger partial charge in [-0.05, 0) is 5.53 Å². The van der Waals surface area contributed by atoms with E-state index in [2.05, 4.69) is 14.8 Å². The second kappa shape index (κ2) is 4.50. The van der Waals surface area contributed by atoms with Crippen molar-refractivity contribution in [1.82, 2.24) is 0 Å². The molecular weight excluding hydrogens is 230 g/mol. The molecule has 4 N–H and O–H groups in total. The van der Waals surface area contributed by atoms with Crippen LogP contribution in [-0.4, -0.2) is 56.6 Å². The highest BCUT2D eigenvalue weighted by atomic mass is 35.5. The summed E-state index contributed by atoms with van der Waals surface area (Å²) in [6, 6.07) is 0. The summed E-state index contributed by atoms with van der Waals surface area (Å²) in [5, 5.41) is 40.0. The lowest BCUT2D eigenvalue weighted by Gasteiger charge is -2.43. The van der Waals surface area contributed by atoms with Gasteiger partial charge in [-0.25, -0.2) is 0 Å². The minimum absolute atomic E-state index is 0.639. The van der Waals surface area contributed by atoms with Gasteiger partial charge < -0.3 is 25.2 Å². The van der Waals surface area contributed by atoms with Gasteiger partial charge in [0.2, 0.25) is 0 Å². The second-order valence-corrected chi connectivity index (χ2v) is 3.66. The Kier molecular flexibility index (Phi) is 3.74. The Bertz CT molecular complexity index is 286. The van der Waals surface area contributed by atoms with E-state index in [-0.39, 0.29) is 0 Å². The van der Waals surface area contributed by atoms with E-state index < -0.39 is 36.2 Å². The largest absolute Gasteiger partial charge is 0.394 e. The fourth-order valence-electron chi connectivity index (χ4n) is 1.29. The molecule has 5 atom stereocenters. The third-order valence-electron chi connectivity index (χ3n) is 2.14. The van der Waals surface area contributed by atoms with Crippen LogP contribution in [0.25, 0.3) is 10.4 Å². The van der Waals surface area contributed by atoms with Gasteiger partial charge in [-0.15, -0.1) is 11.6 Å². The van der Waals surface area contributed by atoms with Crippen LogP contribution in [0.3, 0.4) is 0 Å². The first-order valence-electron chi connectivity index (χ1n) is 4.03. The standard InChI is InChI=1S/C6H10ClN3O5/c7-6(9-10-8)3(12)2(1-11)15-5(14)4(6)13/h2-5,11-14H,1H2/t2-,3+,4+,5?,6?/m1/s1. The Labute approximate surface area is 89.3 Å². The highest BCUT2D eigenvalue weighted by Gasteiger charge is 2.54. The number of hydrogen-bond donors (Lipinski definition) is 4. The molecule has 86 valence electrons. The van der Waals surface area contributed by atoms with Crippen LogP contribution >= 0.6 is 11.6 Å². The van der Waals surface area contributed by atoms with Crippen molar-refractivity contribution in [1.29, 1.82) is 0 Å². The van der Waals surface area contributed by atoms with Gasteiger partial charge in [0, 0.05) is 4.91 Å². The van der Waals surface area contributed by atoms with E-state index in [1.807, 2.05) is 0 Å². The monoisotopic (exact) mass is 239 g/mol. The maximum absolute atomic E-state index is 9.55. The lowest BCUT2D eigenvalue weighted by atomic mass is 9.96. The highest BCUT2D eigenvalue weighted by molar-refractivity contribution is 6.24. The molecule has 2 unspecified atom stereocenters. The van der Waals surface area contributed by atoms with Gasteiger partial charge in [-0.1, -0.05) is 5.11 Å². The molecule has 0 aromatic rings. The number of halogens is 1. The third-order valence-corrected chi connectivity index (χ3v) is 2.67. The molecule has 1 heterocycles. The molecule has 9 heteroatoms. The minimum atomic E-state index is -2.15. The average molecular weight is 240 g/mol. The van der Waals surface area contributed by atoms with Gasteiger partial charge in [0.1, 0.15) is 18.3 Å². The maximum atomic E-state index is 9.55. The van der Waals surface area contributed by atoms with Crippen LogP contribution in [-0.2, 0) is 4.74 Å². The van der Waals surface area contributed by atoms with Crippen molar-refractivity contribution in [3.8, 4) is 0 Å². The first kappa shape index (κ1) is 12.5. The molecule has 0 aromatic heterocycles. The van der Waals surface area contributed by atoms with Gasteiger partial charge in [0.15, 0.2) is 11.3 Å². The molecule has 0 saturated carbocycles. The van der Waals surface area contributed by atoms with Crippen LogP contribution in [0, 0.1) is 0 Å². The Balaban J connectivity index is 3.03. The Morgan fingerprint density at radius 3 is 2.47 bits per heavy atom. The van der Waals surface area contributed by atoms with E-state index in [9.17, 15) is 15.3 Å². The van der Waals surface area contributed by atoms with E-state index in [0.29, 0.717) is 0 Å².